The summed E-state index contributed by atoms with van der Waals surface area (Å²) in [7, 11) is 1.78. The lowest BCUT2D eigenvalue weighted by Crippen LogP contribution is -2.47. The number of carbonyl (C=O) groups excluding carboxylic acids is 1. The minimum Gasteiger partial charge on any atom is -0.381 e. The predicted octanol–water partition coefficient (Wildman–Crippen LogP) is 3.04. The number of aryl methyl sites for hydroxylation is 1. The van der Waals surface area contributed by atoms with Gasteiger partial charge in [0.15, 0.2) is 0 Å². The minimum atomic E-state index is 0.155. The molecule has 132 valence electrons. The van der Waals surface area contributed by atoms with Gasteiger partial charge < -0.3 is 9.64 Å². The number of rotatable bonds is 5. The van der Waals surface area contributed by atoms with Gasteiger partial charge in [-0.2, -0.15) is 0 Å². The molecule has 3 rings (SSSR count). The van der Waals surface area contributed by atoms with Crippen LogP contribution in [0.2, 0.25) is 0 Å². The highest BCUT2D eigenvalue weighted by Crippen LogP contribution is 2.24. The lowest BCUT2D eigenvalue weighted by Gasteiger charge is -2.38. The Labute approximate surface area is 149 Å². The summed E-state index contributed by atoms with van der Waals surface area (Å²) in [5, 5.41) is 0. The monoisotopic (exact) mass is 338 g/mol. The lowest BCUT2D eigenvalue weighted by molar-refractivity contribution is -0.134. The molecule has 0 bridgehead atoms. The van der Waals surface area contributed by atoms with Crippen molar-refractivity contribution in [1.29, 1.82) is 0 Å². The molecule has 1 amide bonds. The van der Waals surface area contributed by atoms with E-state index in [1.54, 1.807) is 13.3 Å². The van der Waals surface area contributed by atoms with Gasteiger partial charge in [-0.25, -0.2) is 0 Å². The lowest BCUT2D eigenvalue weighted by atomic mass is 9.88. The molecule has 2 heterocycles. The number of hydrogen-bond donors (Lipinski definition) is 0. The molecule has 1 aromatic heterocycles. The summed E-state index contributed by atoms with van der Waals surface area (Å²) in [6.07, 6.45) is 4.14. The third kappa shape index (κ3) is 4.67. The number of hydrogen-bond acceptors (Lipinski definition) is 3. The summed E-state index contributed by atoms with van der Waals surface area (Å²) in [4.78, 5) is 18.9. The third-order valence-electron chi connectivity index (χ3n) is 4.96. The van der Waals surface area contributed by atoms with Crippen LogP contribution in [-0.2, 0) is 22.4 Å². The predicted molar refractivity (Wildman–Crippen MR) is 98.3 cm³/mol. The number of pyridine rings is 1. The molecular formula is C21H26N2O2. The van der Waals surface area contributed by atoms with E-state index in [-0.39, 0.29) is 12.0 Å². The highest BCUT2D eigenvalue weighted by Gasteiger charge is 2.31. The minimum absolute atomic E-state index is 0.155. The third-order valence-corrected chi connectivity index (χ3v) is 4.96. The van der Waals surface area contributed by atoms with Gasteiger partial charge in [-0.1, -0.05) is 35.9 Å². The molecule has 1 saturated heterocycles. The largest absolute Gasteiger partial charge is 0.381 e. The zero-order valence-electron chi connectivity index (χ0n) is 15.0. The number of likely N-dealkylation sites (tertiary alicyclic amines) is 1. The first-order chi connectivity index (χ1) is 12.2. The molecule has 2 aromatic rings. The number of carbonyl (C=O) groups is 1. The summed E-state index contributed by atoms with van der Waals surface area (Å²) in [6, 6.07) is 14.3. The van der Waals surface area contributed by atoms with Gasteiger partial charge in [0, 0.05) is 38.0 Å². The van der Waals surface area contributed by atoms with E-state index >= 15 is 0 Å². The molecule has 2 atom stereocenters. The van der Waals surface area contributed by atoms with Crippen LogP contribution in [0.3, 0.4) is 0 Å². The van der Waals surface area contributed by atoms with E-state index in [0.717, 1.165) is 31.6 Å². The number of methoxy groups -OCH3 is 1. The van der Waals surface area contributed by atoms with Crippen molar-refractivity contribution in [2.75, 3.05) is 20.2 Å². The maximum absolute atomic E-state index is 12.7. The fraction of sp³-hybridized carbons (Fsp3) is 0.429. The maximum atomic E-state index is 12.7. The second kappa shape index (κ2) is 8.26. The van der Waals surface area contributed by atoms with Crippen molar-refractivity contribution >= 4 is 5.91 Å². The molecule has 0 spiro atoms. The van der Waals surface area contributed by atoms with Gasteiger partial charge in [0.25, 0.3) is 0 Å². The molecule has 1 fully saturated rings. The fourth-order valence-electron chi connectivity index (χ4n) is 3.65. The van der Waals surface area contributed by atoms with Gasteiger partial charge in [0.05, 0.1) is 12.5 Å². The van der Waals surface area contributed by atoms with Crippen LogP contribution < -0.4 is 0 Å². The highest BCUT2D eigenvalue weighted by atomic mass is 16.5. The maximum Gasteiger partial charge on any atom is 0.228 e. The summed E-state index contributed by atoms with van der Waals surface area (Å²) in [5.74, 6) is 0.482. The molecule has 1 aromatic carbocycles. The van der Waals surface area contributed by atoms with Gasteiger partial charge in [0.2, 0.25) is 5.91 Å². The quantitative estimate of drug-likeness (QED) is 0.841. The Morgan fingerprint density at radius 2 is 2.16 bits per heavy atom. The average molecular weight is 338 g/mol. The Balaban J connectivity index is 1.66. The molecular weight excluding hydrogens is 312 g/mol. The van der Waals surface area contributed by atoms with Gasteiger partial charge in [-0.15, -0.1) is 0 Å². The van der Waals surface area contributed by atoms with E-state index in [1.165, 1.54) is 11.1 Å². The van der Waals surface area contributed by atoms with E-state index in [4.69, 9.17) is 4.74 Å². The molecule has 25 heavy (non-hydrogen) atoms. The zero-order valence-corrected chi connectivity index (χ0v) is 15.0. The van der Waals surface area contributed by atoms with Gasteiger partial charge in [0.1, 0.15) is 0 Å². The Kier molecular flexibility index (Phi) is 5.82. The van der Waals surface area contributed by atoms with Crippen molar-refractivity contribution < 1.29 is 9.53 Å². The molecule has 0 unspecified atom stereocenters. The number of piperidine rings is 1. The average Bonchev–Trinajstić information content (AvgIpc) is 2.62. The first kappa shape index (κ1) is 17.6. The van der Waals surface area contributed by atoms with Crippen molar-refractivity contribution in [2.24, 2.45) is 5.92 Å². The summed E-state index contributed by atoms with van der Waals surface area (Å²) in [5.41, 5.74) is 3.41. The van der Waals surface area contributed by atoms with Crippen LogP contribution in [0.15, 0.2) is 48.7 Å². The highest BCUT2D eigenvalue weighted by molar-refractivity contribution is 5.78. The molecule has 0 aliphatic carbocycles. The van der Waals surface area contributed by atoms with Crippen LogP contribution in [0.25, 0.3) is 0 Å². The van der Waals surface area contributed by atoms with E-state index < -0.39 is 0 Å². The van der Waals surface area contributed by atoms with E-state index in [1.807, 2.05) is 23.1 Å². The summed E-state index contributed by atoms with van der Waals surface area (Å²) < 4.78 is 5.70. The van der Waals surface area contributed by atoms with Crippen LogP contribution in [0.4, 0.5) is 0 Å². The SMILES string of the molecule is CO[C@@H]1CCN(C(=O)Cc2ccccn2)C[C@@H]1Cc1cccc(C)c1. The van der Waals surface area contributed by atoms with Crippen LogP contribution in [0.1, 0.15) is 23.2 Å². The molecule has 4 nitrogen and oxygen atoms in total. The Hall–Kier alpha value is -2.20. The van der Waals surface area contributed by atoms with Crippen molar-refractivity contribution in [3.8, 4) is 0 Å². The van der Waals surface area contributed by atoms with Crippen LogP contribution in [-0.4, -0.2) is 42.1 Å². The second-order valence-corrected chi connectivity index (χ2v) is 6.85. The first-order valence-corrected chi connectivity index (χ1v) is 8.91. The van der Waals surface area contributed by atoms with Crippen LogP contribution in [0, 0.1) is 12.8 Å². The van der Waals surface area contributed by atoms with Gasteiger partial charge in [-0.3, -0.25) is 9.78 Å². The summed E-state index contributed by atoms with van der Waals surface area (Å²) in [6.45, 7) is 3.62. The molecule has 0 radical (unpaired) electrons. The number of aromatic nitrogens is 1. The standard InChI is InChI=1S/C21H26N2O2/c1-16-6-5-7-17(12-16)13-18-15-23(11-9-20(18)25-2)21(24)14-19-8-3-4-10-22-19/h3-8,10,12,18,20H,9,11,13-15H2,1-2H3/t18-,20+/m0/s1. The molecule has 1 aliphatic heterocycles. The molecule has 4 heteroatoms. The summed E-state index contributed by atoms with van der Waals surface area (Å²) >= 11 is 0. The number of nitrogens with zero attached hydrogens (tertiary/aromatic N) is 2. The smallest absolute Gasteiger partial charge is 0.228 e. The van der Waals surface area contributed by atoms with Crippen molar-refractivity contribution in [3.63, 3.8) is 0 Å². The molecule has 0 N–H and O–H groups in total. The number of benzene rings is 1. The Bertz CT molecular complexity index is 702. The number of ether oxygens (including phenoxy) is 1. The topological polar surface area (TPSA) is 42.4 Å². The molecule has 1 aliphatic rings. The van der Waals surface area contributed by atoms with Gasteiger partial charge in [-0.05, 0) is 37.5 Å². The Morgan fingerprint density at radius 3 is 2.88 bits per heavy atom. The normalized spacial score (nSPS) is 20.5. The van der Waals surface area contributed by atoms with E-state index in [0.29, 0.717) is 12.3 Å². The zero-order chi connectivity index (χ0) is 17.6. The van der Waals surface area contributed by atoms with Crippen molar-refractivity contribution in [1.82, 2.24) is 9.88 Å². The van der Waals surface area contributed by atoms with Crippen molar-refractivity contribution in [3.05, 3.63) is 65.5 Å². The van der Waals surface area contributed by atoms with Crippen LogP contribution >= 0.6 is 0 Å². The Morgan fingerprint density at radius 1 is 1.28 bits per heavy atom. The van der Waals surface area contributed by atoms with Gasteiger partial charge >= 0.3 is 0 Å². The van der Waals surface area contributed by atoms with E-state index in [9.17, 15) is 4.79 Å². The fourth-order valence-corrected chi connectivity index (χ4v) is 3.65. The van der Waals surface area contributed by atoms with E-state index in [2.05, 4.69) is 36.2 Å². The molecule has 0 saturated carbocycles. The van der Waals surface area contributed by atoms with Crippen molar-refractivity contribution in [2.45, 2.75) is 32.3 Å². The van der Waals surface area contributed by atoms with Crippen LogP contribution in [0.5, 0.6) is 0 Å². The second-order valence-electron chi connectivity index (χ2n) is 6.85. The first-order valence-electron chi connectivity index (χ1n) is 8.91. The number of amides is 1.